The van der Waals surface area contributed by atoms with Crippen molar-refractivity contribution in [2.45, 2.75) is 53.0 Å². The lowest BCUT2D eigenvalue weighted by Crippen LogP contribution is -2.21. The quantitative estimate of drug-likeness (QED) is 0.804. The Bertz CT molecular complexity index is 565. The predicted octanol–water partition coefficient (Wildman–Crippen LogP) is 4.67. The van der Waals surface area contributed by atoms with Gasteiger partial charge in [0.2, 0.25) is 11.8 Å². The number of hydrogen-bond donors (Lipinski definition) is 1. The van der Waals surface area contributed by atoms with Crippen LogP contribution in [0.15, 0.2) is 28.7 Å². The van der Waals surface area contributed by atoms with Gasteiger partial charge >= 0.3 is 0 Å². The van der Waals surface area contributed by atoms with Crippen LogP contribution < -0.4 is 5.32 Å². The van der Waals surface area contributed by atoms with Gasteiger partial charge in [0.15, 0.2) is 0 Å². The third-order valence-corrected chi connectivity index (χ3v) is 3.92. The molecule has 4 nitrogen and oxygen atoms in total. The van der Waals surface area contributed by atoms with Gasteiger partial charge in [-0.25, -0.2) is 0 Å². The summed E-state index contributed by atoms with van der Waals surface area (Å²) in [7, 11) is 0. The molecule has 2 aromatic rings. The second-order valence-electron chi connectivity index (χ2n) is 5.67. The number of aromatic nitrogens is 2. The Morgan fingerprint density at radius 1 is 1.14 bits per heavy atom. The van der Waals surface area contributed by atoms with Crippen LogP contribution in [0.25, 0.3) is 11.5 Å². The number of aryl methyl sites for hydroxylation is 1. The second-order valence-corrected chi connectivity index (χ2v) is 5.67. The van der Waals surface area contributed by atoms with Gasteiger partial charge in [-0.1, -0.05) is 39.3 Å². The molecule has 21 heavy (non-hydrogen) atoms. The fraction of sp³-hybridized carbons (Fsp3) is 0.529. The molecule has 2 atom stereocenters. The van der Waals surface area contributed by atoms with E-state index in [-0.39, 0.29) is 0 Å². The van der Waals surface area contributed by atoms with Crippen molar-refractivity contribution in [2.75, 3.05) is 5.32 Å². The Balaban J connectivity index is 2.19. The van der Waals surface area contributed by atoms with Crippen LogP contribution in [0.5, 0.6) is 0 Å². The zero-order valence-electron chi connectivity index (χ0n) is 13.4. The highest BCUT2D eigenvalue weighted by atomic mass is 16.4. The van der Waals surface area contributed by atoms with Crippen LogP contribution >= 0.6 is 0 Å². The summed E-state index contributed by atoms with van der Waals surface area (Å²) in [4.78, 5) is 0. The summed E-state index contributed by atoms with van der Waals surface area (Å²) in [6, 6.07) is 8.59. The first-order valence-electron chi connectivity index (χ1n) is 7.80. The standard InChI is InChI=1S/C17H25N3O/c1-5-12(3)11-14(6-2)18-16-10-8-7-9-15(16)17-20-19-13(4)21-17/h7-10,12,14,18H,5-6,11H2,1-4H3. The average molecular weight is 287 g/mol. The normalized spacial score (nSPS) is 13.9. The van der Waals surface area contributed by atoms with Crippen molar-refractivity contribution in [1.29, 1.82) is 0 Å². The highest BCUT2D eigenvalue weighted by Gasteiger charge is 2.15. The molecular weight excluding hydrogens is 262 g/mol. The molecule has 0 aliphatic rings. The molecule has 114 valence electrons. The van der Waals surface area contributed by atoms with Crippen LogP contribution in [-0.2, 0) is 0 Å². The molecular formula is C17H25N3O. The molecule has 4 heteroatoms. The number of anilines is 1. The molecule has 0 bridgehead atoms. The van der Waals surface area contributed by atoms with E-state index in [1.165, 1.54) is 12.8 Å². The van der Waals surface area contributed by atoms with Crippen LogP contribution in [0.3, 0.4) is 0 Å². The van der Waals surface area contributed by atoms with E-state index < -0.39 is 0 Å². The Morgan fingerprint density at radius 3 is 2.52 bits per heavy atom. The summed E-state index contributed by atoms with van der Waals surface area (Å²) < 4.78 is 5.57. The van der Waals surface area contributed by atoms with Gasteiger partial charge in [-0.15, -0.1) is 10.2 Å². The van der Waals surface area contributed by atoms with E-state index in [0.29, 0.717) is 17.8 Å². The Kier molecular flexibility index (Phi) is 5.37. The van der Waals surface area contributed by atoms with Crippen molar-refractivity contribution >= 4 is 5.69 Å². The van der Waals surface area contributed by atoms with E-state index in [1.54, 1.807) is 0 Å². The van der Waals surface area contributed by atoms with Crippen LogP contribution in [0.1, 0.15) is 45.9 Å². The number of nitrogens with one attached hydrogen (secondary N) is 1. The first-order valence-corrected chi connectivity index (χ1v) is 7.80. The Labute approximate surface area is 127 Å². The zero-order valence-corrected chi connectivity index (χ0v) is 13.4. The smallest absolute Gasteiger partial charge is 0.249 e. The van der Waals surface area contributed by atoms with Crippen molar-refractivity contribution < 1.29 is 4.42 Å². The maximum Gasteiger partial charge on any atom is 0.249 e. The van der Waals surface area contributed by atoms with Gasteiger partial charge in [-0.3, -0.25) is 0 Å². The summed E-state index contributed by atoms with van der Waals surface area (Å²) in [5, 5.41) is 11.7. The van der Waals surface area contributed by atoms with Crippen LogP contribution in [0.4, 0.5) is 5.69 Å². The summed E-state index contributed by atoms with van der Waals surface area (Å²) in [6.45, 7) is 8.58. The SMILES string of the molecule is CCC(C)CC(CC)Nc1ccccc1-c1nnc(C)o1. The fourth-order valence-electron chi connectivity index (χ4n) is 2.40. The highest BCUT2D eigenvalue weighted by molar-refractivity contribution is 5.72. The van der Waals surface area contributed by atoms with Gasteiger partial charge in [-0.05, 0) is 30.9 Å². The third kappa shape index (κ3) is 4.06. The van der Waals surface area contributed by atoms with Crippen molar-refractivity contribution in [3.05, 3.63) is 30.2 Å². The summed E-state index contributed by atoms with van der Waals surface area (Å²) in [5.41, 5.74) is 2.04. The van der Waals surface area contributed by atoms with Gasteiger partial charge in [0, 0.05) is 18.7 Å². The van der Waals surface area contributed by atoms with E-state index in [1.807, 2.05) is 25.1 Å². The molecule has 0 aliphatic carbocycles. The number of para-hydroxylation sites is 1. The molecule has 0 amide bonds. The van der Waals surface area contributed by atoms with E-state index in [2.05, 4.69) is 42.4 Å². The molecule has 0 saturated carbocycles. The highest BCUT2D eigenvalue weighted by Crippen LogP contribution is 2.28. The zero-order chi connectivity index (χ0) is 15.2. The first-order chi connectivity index (χ1) is 10.1. The molecule has 1 aromatic heterocycles. The van der Waals surface area contributed by atoms with Crippen molar-refractivity contribution in [2.24, 2.45) is 5.92 Å². The van der Waals surface area contributed by atoms with Crippen molar-refractivity contribution in [1.82, 2.24) is 10.2 Å². The first kappa shape index (κ1) is 15.5. The monoisotopic (exact) mass is 287 g/mol. The minimum absolute atomic E-state index is 0.463. The van der Waals surface area contributed by atoms with Gasteiger partial charge in [-0.2, -0.15) is 0 Å². The lowest BCUT2D eigenvalue weighted by molar-refractivity contribution is 0.461. The summed E-state index contributed by atoms with van der Waals surface area (Å²) in [5.74, 6) is 1.89. The minimum Gasteiger partial charge on any atom is -0.421 e. The van der Waals surface area contributed by atoms with E-state index in [4.69, 9.17) is 4.42 Å². The predicted molar refractivity (Wildman–Crippen MR) is 86.2 cm³/mol. The van der Waals surface area contributed by atoms with Crippen molar-refractivity contribution in [3.63, 3.8) is 0 Å². The average Bonchev–Trinajstić information content (AvgIpc) is 2.93. The molecule has 0 aliphatic heterocycles. The molecule has 1 heterocycles. The van der Waals surface area contributed by atoms with Gasteiger partial charge in [0.05, 0.1) is 5.56 Å². The van der Waals surface area contributed by atoms with Crippen LogP contribution in [0, 0.1) is 12.8 Å². The molecule has 0 fully saturated rings. The minimum atomic E-state index is 0.463. The topological polar surface area (TPSA) is 51.0 Å². The van der Waals surface area contributed by atoms with Gasteiger partial charge < -0.3 is 9.73 Å². The van der Waals surface area contributed by atoms with E-state index in [0.717, 1.165) is 23.6 Å². The van der Waals surface area contributed by atoms with Gasteiger partial charge in [0.25, 0.3) is 0 Å². The number of benzene rings is 1. The molecule has 0 radical (unpaired) electrons. The molecule has 0 saturated heterocycles. The lowest BCUT2D eigenvalue weighted by Gasteiger charge is -2.22. The van der Waals surface area contributed by atoms with Crippen LogP contribution in [-0.4, -0.2) is 16.2 Å². The van der Waals surface area contributed by atoms with E-state index in [9.17, 15) is 0 Å². The Hall–Kier alpha value is -1.84. The third-order valence-electron chi connectivity index (χ3n) is 3.92. The summed E-state index contributed by atoms with van der Waals surface area (Å²) >= 11 is 0. The molecule has 2 unspecified atom stereocenters. The number of rotatable bonds is 7. The largest absolute Gasteiger partial charge is 0.421 e. The number of hydrogen-bond acceptors (Lipinski definition) is 4. The maximum atomic E-state index is 5.57. The molecule has 1 aromatic carbocycles. The van der Waals surface area contributed by atoms with Crippen molar-refractivity contribution in [3.8, 4) is 11.5 Å². The van der Waals surface area contributed by atoms with Crippen LogP contribution in [0.2, 0.25) is 0 Å². The molecule has 2 rings (SSSR count). The Morgan fingerprint density at radius 2 is 1.90 bits per heavy atom. The fourth-order valence-corrected chi connectivity index (χ4v) is 2.40. The molecule has 0 spiro atoms. The second kappa shape index (κ2) is 7.25. The maximum absolute atomic E-state index is 5.57. The van der Waals surface area contributed by atoms with Gasteiger partial charge in [0.1, 0.15) is 0 Å². The van der Waals surface area contributed by atoms with E-state index >= 15 is 0 Å². The summed E-state index contributed by atoms with van der Waals surface area (Å²) in [6.07, 6.45) is 3.48. The lowest BCUT2D eigenvalue weighted by atomic mass is 9.97. The number of nitrogens with zero attached hydrogens (tertiary/aromatic N) is 2. The molecule has 1 N–H and O–H groups in total.